The number of alkyl halides is 3. The molecule has 0 radical (unpaired) electrons. The van der Waals surface area contributed by atoms with Gasteiger partial charge in [-0.1, -0.05) is 42.5 Å². The van der Waals surface area contributed by atoms with Crippen LogP contribution in [0.5, 0.6) is 0 Å². The molecule has 2 aromatic rings. The summed E-state index contributed by atoms with van der Waals surface area (Å²) < 4.78 is 39.0. The predicted molar refractivity (Wildman–Crippen MR) is 80.6 cm³/mol. The average molecular weight is 305 g/mol. The van der Waals surface area contributed by atoms with Crippen LogP contribution in [0, 0.1) is 0 Å². The molecule has 22 heavy (non-hydrogen) atoms. The molecule has 0 aromatic heterocycles. The highest BCUT2D eigenvalue weighted by atomic mass is 19.4. The molecule has 0 amide bonds. The summed E-state index contributed by atoms with van der Waals surface area (Å²) in [7, 11) is 0. The molecule has 0 saturated carbocycles. The van der Waals surface area contributed by atoms with Gasteiger partial charge in [-0.15, -0.1) is 0 Å². The van der Waals surface area contributed by atoms with Crippen molar-refractivity contribution >= 4 is 0 Å². The molecule has 1 heterocycles. The van der Waals surface area contributed by atoms with E-state index in [1.54, 1.807) is 12.1 Å². The minimum absolute atomic E-state index is 0.383. The number of nitrogens with zero attached hydrogens (tertiary/aromatic N) is 1. The number of hydrogen-bond donors (Lipinski definition) is 0. The molecule has 0 atom stereocenters. The van der Waals surface area contributed by atoms with Crippen LogP contribution in [-0.2, 0) is 25.6 Å². The molecular weight excluding hydrogens is 287 g/mol. The third-order valence-electron chi connectivity index (χ3n) is 4.23. The van der Waals surface area contributed by atoms with E-state index < -0.39 is 11.7 Å². The van der Waals surface area contributed by atoms with Crippen molar-refractivity contribution in [3.63, 3.8) is 0 Å². The molecule has 0 N–H and O–H groups in total. The minimum Gasteiger partial charge on any atom is -0.298 e. The zero-order valence-electron chi connectivity index (χ0n) is 12.2. The van der Waals surface area contributed by atoms with Crippen LogP contribution in [0.25, 0.3) is 0 Å². The molecule has 0 unspecified atom stereocenters. The lowest BCUT2D eigenvalue weighted by molar-refractivity contribution is -0.138. The van der Waals surface area contributed by atoms with Crippen LogP contribution >= 0.6 is 0 Å². The van der Waals surface area contributed by atoms with Gasteiger partial charge in [-0.3, -0.25) is 4.90 Å². The summed E-state index contributed by atoms with van der Waals surface area (Å²) >= 11 is 0. The van der Waals surface area contributed by atoms with E-state index in [9.17, 15) is 13.2 Å². The Hall–Kier alpha value is -1.81. The second kappa shape index (κ2) is 6.13. The number of benzene rings is 2. The molecule has 2 aromatic carbocycles. The first-order chi connectivity index (χ1) is 10.5. The lowest BCUT2D eigenvalue weighted by Crippen LogP contribution is -2.32. The summed E-state index contributed by atoms with van der Waals surface area (Å²) in [5.74, 6) is 0. The summed E-state index contributed by atoms with van der Waals surface area (Å²) in [6, 6.07) is 14.2. The van der Waals surface area contributed by atoms with E-state index >= 15 is 0 Å². The van der Waals surface area contributed by atoms with Crippen LogP contribution < -0.4 is 0 Å². The second-order valence-corrected chi connectivity index (χ2v) is 5.70. The first kappa shape index (κ1) is 15.1. The SMILES string of the molecule is FC(F)(F)c1ccccc1CCN1CCc2ccccc2C1. The van der Waals surface area contributed by atoms with Crippen molar-refractivity contribution in [2.75, 3.05) is 13.1 Å². The molecule has 1 aliphatic rings. The monoisotopic (exact) mass is 305 g/mol. The van der Waals surface area contributed by atoms with Gasteiger partial charge in [0, 0.05) is 19.6 Å². The second-order valence-electron chi connectivity index (χ2n) is 5.70. The van der Waals surface area contributed by atoms with Gasteiger partial charge in [-0.05, 0) is 35.6 Å². The molecule has 4 heteroatoms. The Kier molecular flexibility index (Phi) is 4.21. The molecule has 0 fully saturated rings. The number of rotatable bonds is 3. The van der Waals surface area contributed by atoms with E-state index in [1.165, 1.54) is 23.3 Å². The van der Waals surface area contributed by atoms with E-state index in [1.807, 2.05) is 12.1 Å². The maximum Gasteiger partial charge on any atom is 0.416 e. The zero-order valence-corrected chi connectivity index (χ0v) is 12.2. The predicted octanol–water partition coefficient (Wildman–Crippen LogP) is 4.31. The molecule has 116 valence electrons. The van der Waals surface area contributed by atoms with Gasteiger partial charge >= 0.3 is 6.18 Å². The Labute approximate surface area is 128 Å². The topological polar surface area (TPSA) is 3.24 Å². The van der Waals surface area contributed by atoms with Crippen molar-refractivity contribution in [1.29, 1.82) is 0 Å². The van der Waals surface area contributed by atoms with Gasteiger partial charge in [0.1, 0.15) is 0 Å². The van der Waals surface area contributed by atoms with E-state index in [2.05, 4.69) is 17.0 Å². The normalized spacial score (nSPS) is 15.6. The van der Waals surface area contributed by atoms with Crippen LogP contribution in [0.15, 0.2) is 48.5 Å². The summed E-state index contributed by atoms with van der Waals surface area (Å²) in [6.07, 6.45) is -2.87. The summed E-state index contributed by atoms with van der Waals surface area (Å²) in [5, 5.41) is 0. The van der Waals surface area contributed by atoms with Crippen molar-refractivity contribution in [3.05, 3.63) is 70.8 Å². The summed E-state index contributed by atoms with van der Waals surface area (Å²) in [4.78, 5) is 2.23. The van der Waals surface area contributed by atoms with Crippen LogP contribution in [0.3, 0.4) is 0 Å². The standard InChI is InChI=1S/C18H18F3N/c19-18(20,21)17-8-4-3-6-15(17)10-12-22-11-9-14-5-1-2-7-16(14)13-22/h1-8H,9-13H2. The maximum absolute atomic E-state index is 13.0. The minimum atomic E-state index is -4.27. The summed E-state index contributed by atoms with van der Waals surface area (Å²) in [6.45, 7) is 2.39. The fourth-order valence-corrected chi connectivity index (χ4v) is 3.04. The van der Waals surface area contributed by atoms with Gasteiger partial charge in [0.05, 0.1) is 5.56 Å². The van der Waals surface area contributed by atoms with Crippen LogP contribution in [0.4, 0.5) is 13.2 Å². The Morgan fingerprint density at radius 3 is 2.36 bits per heavy atom. The van der Waals surface area contributed by atoms with E-state index in [4.69, 9.17) is 0 Å². The van der Waals surface area contributed by atoms with Crippen molar-refractivity contribution in [3.8, 4) is 0 Å². The molecule has 0 saturated heterocycles. The van der Waals surface area contributed by atoms with Crippen molar-refractivity contribution in [2.24, 2.45) is 0 Å². The van der Waals surface area contributed by atoms with Crippen LogP contribution in [0.1, 0.15) is 22.3 Å². The smallest absolute Gasteiger partial charge is 0.298 e. The van der Waals surface area contributed by atoms with E-state index in [0.717, 1.165) is 19.5 Å². The Morgan fingerprint density at radius 1 is 0.909 bits per heavy atom. The molecule has 0 aliphatic carbocycles. The van der Waals surface area contributed by atoms with E-state index in [-0.39, 0.29) is 0 Å². The third-order valence-corrected chi connectivity index (χ3v) is 4.23. The molecule has 3 rings (SSSR count). The zero-order chi connectivity index (χ0) is 15.6. The Bertz CT molecular complexity index is 649. The summed E-state index contributed by atoms with van der Waals surface area (Å²) in [5.41, 5.74) is 2.52. The fourth-order valence-electron chi connectivity index (χ4n) is 3.04. The average Bonchev–Trinajstić information content (AvgIpc) is 2.52. The van der Waals surface area contributed by atoms with Gasteiger partial charge in [-0.25, -0.2) is 0 Å². The molecule has 1 aliphatic heterocycles. The van der Waals surface area contributed by atoms with Crippen LogP contribution in [0.2, 0.25) is 0 Å². The number of fused-ring (bicyclic) bond motifs is 1. The maximum atomic E-state index is 13.0. The van der Waals surface area contributed by atoms with Gasteiger partial charge in [0.15, 0.2) is 0 Å². The van der Waals surface area contributed by atoms with Crippen molar-refractivity contribution < 1.29 is 13.2 Å². The van der Waals surface area contributed by atoms with Crippen molar-refractivity contribution in [2.45, 2.75) is 25.6 Å². The largest absolute Gasteiger partial charge is 0.416 e. The molecule has 1 nitrogen and oxygen atoms in total. The van der Waals surface area contributed by atoms with E-state index in [0.29, 0.717) is 18.5 Å². The highest BCUT2D eigenvalue weighted by molar-refractivity contribution is 5.31. The molecule has 0 spiro atoms. The highest BCUT2D eigenvalue weighted by Crippen LogP contribution is 2.32. The van der Waals surface area contributed by atoms with Crippen LogP contribution in [-0.4, -0.2) is 18.0 Å². The first-order valence-electron chi connectivity index (χ1n) is 7.48. The lowest BCUT2D eigenvalue weighted by atomic mass is 9.99. The van der Waals surface area contributed by atoms with Gasteiger partial charge in [0.25, 0.3) is 0 Å². The third kappa shape index (κ3) is 3.33. The van der Waals surface area contributed by atoms with Gasteiger partial charge in [0.2, 0.25) is 0 Å². The van der Waals surface area contributed by atoms with Gasteiger partial charge in [-0.2, -0.15) is 13.2 Å². The quantitative estimate of drug-likeness (QED) is 0.817. The fraction of sp³-hybridized carbons (Fsp3) is 0.333. The highest BCUT2D eigenvalue weighted by Gasteiger charge is 2.32. The van der Waals surface area contributed by atoms with Crippen molar-refractivity contribution in [1.82, 2.24) is 4.90 Å². The Balaban J connectivity index is 1.67. The number of hydrogen-bond acceptors (Lipinski definition) is 1. The number of halogens is 3. The first-order valence-corrected chi connectivity index (χ1v) is 7.48. The Morgan fingerprint density at radius 2 is 1.59 bits per heavy atom. The molecule has 0 bridgehead atoms. The molecular formula is C18H18F3N. The van der Waals surface area contributed by atoms with Gasteiger partial charge < -0.3 is 0 Å². The lowest BCUT2D eigenvalue weighted by Gasteiger charge is -2.29.